The molecule has 0 atom stereocenters. The van der Waals surface area contributed by atoms with Gasteiger partial charge in [-0.15, -0.1) is 10.2 Å². The highest BCUT2D eigenvalue weighted by Gasteiger charge is 2.11. The van der Waals surface area contributed by atoms with Gasteiger partial charge in [0, 0.05) is 21.4 Å². The SMILES string of the molecule is Fc1cc(Cl)cc(-c2nnc(Cl)c3ccccc23)c1. The van der Waals surface area contributed by atoms with Crippen molar-refractivity contribution in [2.45, 2.75) is 0 Å². The lowest BCUT2D eigenvalue weighted by Gasteiger charge is -2.06. The Balaban J connectivity index is 2.34. The topological polar surface area (TPSA) is 25.8 Å². The fraction of sp³-hybridized carbons (Fsp3) is 0. The van der Waals surface area contributed by atoms with Gasteiger partial charge in [0.15, 0.2) is 5.15 Å². The minimum Gasteiger partial charge on any atom is -0.207 e. The molecule has 19 heavy (non-hydrogen) atoms. The van der Waals surface area contributed by atoms with E-state index in [9.17, 15) is 4.39 Å². The van der Waals surface area contributed by atoms with Crippen molar-refractivity contribution in [2.75, 3.05) is 0 Å². The number of benzene rings is 2. The molecule has 0 fully saturated rings. The normalized spacial score (nSPS) is 10.9. The van der Waals surface area contributed by atoms with E-state index in [0.717, 1.165) is 10.8 Å². The van der Waals surface area contributed by atoms with Crippen molar-refractivity contribution in [2.24, 2.45) is 0 Å². The van der Waals surface area contributed by atoms with Crippen LogP contribution in [0.4, 0.5) is 4.39 Å². The minimum absolute atomic E-state index is 0.316. The second-order valence-corrected chi connectivity index (χ2v) is 4.84. The van der Waals surface area contributed by atoms with Crippen LogP contribution in [0.25, 0.3) is 22.0 Å². The lowest BCUT2D eigenvalue weighted by Crippen LogP contribution is -1.92. The molecule has 0 aliphatic rings. The summed E-state index contributed by atoms with van der Waals surface area (Å²) in [4.78, 5) is 0. The monoisotopic (exact) mass is 292 g/mol. The maximum Gasteiger partial charge on any atom is 0.159 e. The summed E-state index contributed by atoms with van der Waals surface area (Å²) in [5.41, 5.74) is 1.13. The number of halogens is 3. The predicted molar refractivity (Wildman–Crippen MR) is 75.0 cm³/mol. The summed E-state index contributed by atoms with van der Waals surface area (Å²) in [5.74, 6) is -0.414. The molecular formula is C14H7Cl2FN2. The molecule has 3 aromatic rings. The van der Waals surface area contributed by atoms with Gasteiger partial charge in [0.05, 0.1) is 0 Å². The number of hydrogen-bond acceptors (Lipinski definition) is 2. The van der Waals surface area contributed by atoms with Gasteiger partial charge in [0.1, 0.15) is 11.5 Å². The third-order valence-corrected chi connectivity index (χ3v) is 3.28. The van der Waals surface area contributed by atoms with Crippen molar-refractivity contribution in [3.05, 3.63) is 58.5 Å². The molecule has 2 nitrogen and oxygen atoms in total. The van der Waals surface area contributed by atoms with Crippen LogP contribution in [0.1, 0.15) is 0 Å². The van der Waals surface area contributed by atoms with Gasteiger partial charge in [-0.05, 0) is 18.2 Å². The van der Waals surface area contributed by atoms with Gasteiger partial charge in [-0.3, -0.25) is 0 Å². The van der Waals surface area contributed by atoms with Crippen molar-refractivity contribution < 1.29 is 4.39 Å². The molecule has 0 radical (unpaired) electrons. The first-order chi connectivity index (χ1) is 9.15. The molecule has 0 saturated heterocycles. The molecule has 94 valence electrons. The van der Waals surface area contributed by atoms with E-state index < -0.39 is 5.82 Å². The molecule has 0 N–H and O–H groups in total. The zero-order valence-corrected chi connectivity index (χ0v) is 11.1. The van der Waals surface area contributed by atoms with Crippen molar-refractivity contribution in [3.8, 4) is 11.3 Å². The van der Waals surface area contributed by atoms with E-state index in [1.54, 1.807) is 6.07 Å². The standard InChI is InChI=1S/C14H7Cl2FN2/c15-9-5-8(6-10(17)7-9)13-11-3-1-2-4-12(11)14(16)19-18-13/h1-7H. The predicted octanol–water partition coefficient (Wildman–Crippen LogP) is 4.74. The fourth-order valence-electron chi connectivity index (χ4n) is 1.97. The Kier molecular flexibility index (Phi) is 3.09. The summed E-state index contributed by atoms with van der Waals surface area (Å²) >= 11 is 11.9. The van der Waals surface area contributed by atoms with Crippen LogP contribution in [0.15, 0.2) is 42.5 Å². The Morgan fingerprint density at radius 3 is 2.37 bits per heavy atom. The van der Waals surface area contributed by atoms with Crippen LogP contribution in [-0.2, 0) is 0 Å². The Morgan fingerprint density at radius 2 is 1.63 bits per heavy atom. The van der Waals surface area contributed by atoms with Crippen LogP contribution in [0, 0.1) is 5.82 Å². The average Bonchev–Trinajstić information content (AvgIpc) is 2.38. The molecule has 0 bridgehead atoms. The van der Waals surface area contributed by atoms with Crippen LogP contribution in [0.3, 0.4) is 0 Å². The van der Waals surface area contributed by atoms with E-state index >= 15 is 0 Å². The first-order valence-electron chi connectivity index (χ1n) is 5.52. The molecule has 3 rings (SSSR count). The van der Waals surface area contributed by atoms with Gasteiger partial charge in [0.2, 0.25) is 0 Å². The first kappa shape index (κ1) is 12.3. The summed E-state index contributed by atoms with van der Waals surface area (Å²) in [7, 11) is 0. The summed E-state index contributed by atoms with van der Waals surface area (Å²) in [6.45, 7) is 0. The molecule has 5 heteroatoms. The van der Waals surface area contributed by atoms with Crippen molar-refractivity contribution >= 4 is 34.0 Å². The first-order valence-corrected chi connectivity index (χ1v) is 6.28. The van der Waals surface area contributed by atoms with E-state index in [1.165, 1.54) is 12.1 Å². The highest BCUT2D eigenvalue weighted by molar-refractivity contribution is 6.34. The van der Waals surface area contributed by atoms with Gasteiger partial charge < -0.3 is 0 Å². The number of rotatable bonds is 1. The summed E-state index contributed by atoms with van der Waals surface area (Å²) in [6, 6.07) is 11.7. The molecule has 0 saturated carbocycles. The maximum atomic E-state index is 13.4. The maximum absolute atomic E-state index is 13.4. The number of aromatic nitrogens is 2. The highest BCUT2D eigenvalue weighted by atomic mass is 35.5. The largest absolute Gasteiger partial charge is 0.207 e. The van der Waals surface area contributed by atoms with E-state index in [4.69, 9.17) is 23.2 Å². The van der Waals surface area contributed by atoms with Crippen LogP contribution in [0.2, 0.25) is 10.2 Å². The second-order valence-electron chi connectivity index (χ2n) is 4.04. The lowest BCUT2D eigenvalue weighted by atomic mass is 10.1. The molecule has 0 aliphatic carbocycles. The van der Waals surface area contributed by atoms with Crippen molar-refractivity contribution in [1.82, 2.24) is 10.2 Å². The van der Waals surface area contributed by atoms with Crippen LogP contribution in [-0.4, -0.2) is 10.2 Å². The Morgan fingerprint density at radius 1 is 0.895 bits per heavy atom. The Labute approximate surface area is 118 Å². The zero-order valence-electron chi connectivity index (χ0n) is 9.57. The molecule has 0 spiro atoms. The number of hydrogen-bond donors (Lipinski definition) is 0. The Hall–Kier alpha value is -1.71. The molecule has 2 aromatic carbocycles. The molecule has 0 aliphatic heterocycles. The van der Waals surface area contributed by atoms with Crippen LogP contribution >= 0.6 is 23.2 Å². The fourth-order valence-corrected chi connectivity index (χ4v) is 2.40. The third-order valence-electron chi connectivity index (χ3n) is 2.78. The zero-order chi connectivity index (χ0) is 13.4. The van der Waals surface area contributed by atoms with Crippen LogP contribution in [0.5, 0.6) is 0 Å². The molecule has 1 aromatic heterocycles. The van der Waals surface area contributed by atoms with Gasteiger partial charge in [-0.2, -0.15) is 0 Å². The van der Waals surface area contributed by atoms with E-state index in [2.05, 4.69) is 10.2 Å². The Bertz CT molecular complexity index is 754. The molecule has 1 heterocycles. The summed E-state index contributed by atoms with van der Waals surface area (Å²) in [6.07, 6.45) is 0. The summed E-state index contributed by atoms with van der Waals surface area (Å²) < 4.78 is 13.4. The highest BCUT2D eigenvalue weighted by Crippen LogP contribution is 2.31. The van der Waals surface area contributed by atoms with Gasteiger partial charge in [-0.25, -0.2) is 4.39 Å². The average molecular weight is 293 g/mol. The molecular weight excluding hydrogens is 286 g/mol. The minimum atomic E-state index is -0.414. The summed E-state index contributed by atoms with van der Waals surface area (Å²) in [5, 5.41) is 10.2. The lowest BCUT2D eigenvalue weighted by molar-refractivity contribution is 0.628. The van der Waals surface area contributed by atoms with E-state index in [-0.39, 0.29) is 0 Å². The third kappa shape index (κ3) is 2.27. The van der Waals surface area contributed by atoms with Crippen molar-refractivity contribution in [3.63, 3.8) is 0 Å². The smallest absolute Gasteiger partial charge is 0.159 e. The van der Waals surface area contributed by atoms with Gasteiger partial charge in [0.25, 0.3) is 0 Å². The van der Waals surface area contributed by atoms with E-state index in [1.807, 2.05) is 24.3 Å². The number of nitrogens with zero attached hydrogens (tertiary/aromatic N) is 2. The second kappa shape index (κ2) is 4.76. The quantitative estimate of drug-likeness (QED) is 0.647. The molecule has 0 amide bonds. The number of fused-ring (bicyclic) bond motifs is 1. The van der Waals surface area contributed by atoms with Gasteiger partial charge in [-0.1, -0.05) is 47.5 Å². The van der Waals surface area contributed by atoms with Crippen LogP contribution < -0.4 is 0 Å². The van der Waals surface area contributed by atoms with E-state index in [0.29, 0.717) is 21.4 Å². The van der Waals surface area contributed by atoms with Crippen molar-refractivity contribution in [1.29, 1.82) is 0 Å². The molecule has 0 unspecified atom stereocenters. The van der Waals surface area contributed by atoms with Gasteiger partial charge >= 0.3 is 0 Å².